The smallest absolute Gasteiger partial charge is 0.0673 e. The molecule has 0 aliphatic heterocycles. The standard InChI is InChI=1S/C8H18O2/c1-4-8(3,6-7-9)10-5-2/h9H,4-7H2,1-3H3. The Labute approximate surface area is 63.2 Å². The fourth-order valence-corrected chi connectivity index (χ4v) is 0.936. The molecule has 62 valence electrons. The van der Waals surface area contributed by atoms with Crippen LogP contribution in [0, 0.1) is 0 Å². The van der Waals surface area contributed by atoms with Gasteiger partial charge in [-0.2, -0.15) is 0 Å². The van der Waals surface area contributed by atoms with Gasteiger partial charge in [0.15, 0.2) is 0 Å². The molecule has 1 N–H and O–H groups in total. The molecule has 1 unspecified atom stereocenters. The van der Waals surface area contributed by atoms with Crippen molar-refractivity contribution in [2.75, 3.05) is 13.2 Å². The second kappa shape index (κ2) is 4.69. The van der Waals surface area contributed by atoms with Crippen molar-refractivity contribution in [1.29, 1.82) is 0 Å². The van der Waals surface area contributed by atoms with Gasteiger partial charge in [0.05, 0.1) is 5.60 Å². The molecule has 1 atom stereocenters. The third kappa shape index (κ3) is 3.18. The summed E-state index contributed by atoms with van der Waals surface area (Å²) in [6.45, 7) is 7.03. The van der Waals surface area contributed by atoms with E-state index in [1.165, 1.54) is 0 Å². The first kappa shape index (κ1) is 9.92. The van der Waals surface area contributed by atoms with Gasteiger partial charge in [-0.15, -0.1) is 0 Å². The van der Waals surface area contributed by atoms with Crippen molar-refractivity contribution in [3.8, 4) is 0 Å². The van der Waals surface area contributed by atoms with Crippen LogP contribution in [0.25, 0.3) is 0 Å². The van der Waals surface area contributed by atoms with E-state index in [2.05, 4.69) is 6.92 Å². The summed E-state index contributed by atoms with van der Waals surface area (Å²) < 4.78 is 5.46. The van der Waals surface area contributed by atoms with Crippen molar-refractivity contribution in [2.24, 2.45) is 0 Å². The lowest BCUT2D eigenvalue weighted by Gasteiger charge is -2.27. The fraction of sp³-hybridized carbons (Fsp3) is 1.00. The molecule has 0 heterocycles. The predicted molar refractivity (Wildman–Crippen MR) is 42.0 cm³/mol. The van der Waals surface area contributed by atoms with E-state index in [-0.39, 0.29) is 12.2 Å². The van der Waals surface area contributed by atoms with Crippen LogP contribution in [-0.2, 0) is 4.74 Å². The van der Waals surface area contributed by atoms with E-state index in [1.54, 1.807) is 0 Å². The predicted octanol–water partition coefficient (Wildman–Crippen LogP) is 1.57. The second-order valence-corrected chi connectivity index (χ2v) is 2.71. The third-order valence-corrected chi connectivity index (χ3v) is 1.88. The van der Waals surface area contributed by atoms with Crippen LogP contribution >= 0.6 is 0 Å². The highest BCUT2D eigenvalue weighted by atomic mass is 16.5. The molecule has 0 aromatic rings. The van der Waals surface area contributed by atoms with E-state index in [0.717, 1.165) is 19.4 Å². The molecule has 0 fully saturated rings. The fourth-order valence-electron chi connectivity index (χ4n) is 0.936. The highest BCUT2D eigenvalue weighted by Crippen LogP contribution is 2.18. The zero-order valence-corrected chi connectivity index (χ0v) is 7.18. The largest absolute Gasteiger partial charge is 0.396 e. The molecule has 0 amide bonds. The molecule has 0 aliphatic rings. The van der Waals surface area contributed by atoms with E-state index in [4.69, 9.17) is 9.84 Å². The van der Waals surface area contributed by atoms with Crippen LogP contribution in [0.4, 0.5) is 0 Å². The van der Waals surface area contributed by atoms with Gasteiger partial charge in [0.2, 0.25) is 0 Å². The van der Waals surface area contributed by atoms with Crippen molar-refractivity contribution in [2.45, 2.75) is 39.2 Å². The van der Waals surface area contributed by atoms with Crippen molar-refractivity contribution in [1.82, 2.24) is 0 Å². The summed E-state index contributed by atoms with van der Waals surface area (Å²) in [5, 5.41) is 8.68. The second-order valence-electron chi connectivity index (χ2n) is 2.71. The molecular weight excluding hydrogens is 128 g/mol. The molecular formula is C8H18O2. The van der Waals surface area contributed by atoms with Crippen molar-refractivity contribution < 1.29 is 9.84 Å². The summed E-state index contributed by atoms with van der Waals surface area (Å²) in [6.07, 6.45) is 1.69. The highest BCUT2D eigenvalue weighted by Gasteiger charge is 2.20. The van der Waals surface area contributed by atoms with E-state index in [9.17, 15) is 0 Å². The summed E-state index contributed by atoms with van der Waals surface area (Å²) in [4.78, 5) is 0. The first-order valence-electron chi connectivity index (χ1n) is 3.93. The Morgan fingerprint density at radius 3 is 2.30 bits per heavy atom. The minimum Gasteiger partial charge on any atom is -0.396 e. The van der Waals surface area contributed by atoms with Crippen LogP contribution in [0.1, 0.15) is 33.6 Å². The van der Waals surface area contributed by atoms with Gasteiger partial charge in [-0.3, -0.25) is 0 Å². The monoisotopic (exact) mass is 146 g/mol. The van der Waals surface area contributed by atoms with Gasteiger partial charge in [-0.25, -0.2) is 0 Å². The number of hydrogen-bond acceptors (Lipinski definition) is 2. The lowest BCUT2D eigenvalue weighted by molar-refractivity contribution is -0.0427. The van der Waals surface area contributed by atoms with Gasteiger partial charge in [0, 0.05) is 13.2 Å². The Balaban J connectivity index is 3.69. The van der Waals surface area contributed by atoms with Gasteiger partial charge >= 0.3 is 0 Å². The van der Waals surface area contributed by atoms with Crippen molar-refractivity contribution in [3.63, 3.8) is 0 Å². The Morgan fingerprint density at radius 1 is 1.40 bits per heavy atom. The molecule has 0 rings (SSSR count). The zero-order chi connectivity index (χ0) is 8.04. The van der Waals surface area contributed by atoms with Gasteiger partial charge in [-0.05, 0) is 26.7 Å². The summed E-state index contributed by atoms with van der Waals surface area (Å²) in [5.74, 6) is 0. The molecule has 0 radical (unpaired) electrons. The number of aliphatic hydroxyl groups is 1. The normalized spacial score (nSPS) is 16.8. The van der Waals surface area contributed by atoms with E-state index < -0.39 is 0 Å². The molecule has 2 nitrogen and oxygen atoms in total. The van der Waals surface area contributed by atoms with Crippen LogP contribution in [0.5, 0.6) is 0 Å². The van der Waals surface area contributed by atoms with Gasteiger partial charge in [0.1, 0.15) is 0 Å². The molecule has 0 aromatic carbocycles. The van der Waals surface area contributed by atoms with Crippen molar-refractivity contribution >= 4 is 0 Å². The van der Waals surface area contributed by atoms with Crippen LogP contribution < -0.4 is 0 Å². The average Bonchev–Trinajstić information content (AvgIpc) is 1.89. The van der Waals surface area contributed by atoms with Gasteiger partial charge in [0.25, 0.3) is 0 Å². The molecule has 0 aromatic heterocycles. The van der Waals surface area contributed by atoms with Crippen LogP contribution in [-0.4, -0.2) is 23.9 Å². The minimum atomic E-state index is -0.108. The Hall–Kier alpha value is -0.0800. The van der Waals surface area contributed by atoms with Crippen LogP contribution in [0.3, 0.4) is 0 Å². The highest BCUT2D eigenvalue weighted by molar-refractivity contribution is 4.71. The maximum atomic E-state index is 8.68. The van der Waals surface area contributed by atoms with E-state index in [1.807, 2.05) is 13.8 Å². The number of aliphatic hydroxyl groups excluding tert-OH is 1. The minimum absolute atomic E-state index is 0.108. The van der Waals surface area contributed by atoms with Crippen LogP contribution in [0.15, 0.2) is 0 Å². The van der Waals surface area contributed by atoms with E-state index in [0.29, 0.717) is 0 Å². The first-order valence-corrected chi connectivity index (χ1v) is 3.93. The Bertz CT molecular complexity index is 75.3. The maximum absolute atomic E-state index is 8.68. The molecule has 0 saturated heterocycles. The molecule has 0 saturated carbocycles. The molecule has 0 spiro atoms. The average molecular weight is 146 g/mol. The third-order valence-electron chi connectivity index (χ3n) is 1.88. The number of rotatable bonds is 5. The lowest BCUT2D eigenvalue weighted by Crippen LogP contribution is -2.28. The quantitative estimate of drug-likeness (QED) is 0.638. The Morgan fingerprint density at radius 2 is 2.00 bits per heavy atom. The number of hydrogen-bond donors (Lipinski definition) is 1. The van der Waals surface area contributed by atoms with Gasteiger partial charge in [-0.1, -0.05) is 6.92 Å². The first-order chi connectivity index (χ1) is 4.68. The zero-order valence-electron chi connectivity index (χ0n) is 7.18. The number of ether oxygens (including phenoxy) is 1. The molecule has 2 heteroatoms. The molecule has 10 heavy (non-hydrogen) atoms. The Kier molecular flexibility index (Phi) is 4.65. The van der Waals surface area contributed by atoms with Gasteiger partial charge < -0.3 is 9.84 Å². The SMILES string of the molecule is CCOC(C)(CC)CCO. The lowest BCUT2D eigenvalue weighted by atomic mass is 9.99. The van der Waals surface area contributed by atoms with Crippen molar-refractivity contribution in [3.05, 3.63) is 0 Å². The maximum Gasteiger partial charge on any atom is 0.0673 e. The van der Waals surface area contributed by atoms with E-state index >= 15 is 0 Å². The summed E-state index contributed by atoms with van der Waals surface area (Å²) in [7, 11) is 0. The summed E-state index contributed by atoms with van der Waals surface area (Å²) in [6, 6.07) is 0. The summed E-state index contributed by atoms with van der Waals surface area (Å²) >= 11 is 0. The molecule has 0 bridgehead atoms. The topological polar surface area (TPSA) is 29.5 Å². The molecule has 0 aliphatic carbocycles. The van der Waals surface area contributed by atoms with Crippen LogP contribution in [0.2, 0.25) is 0 Å². The summed E-state index contributed by atoms with van der Waals surface area (Å²) in [5.41, 5.74) is -0.108.